The molecule has 1 N–H and O–H groups in total. The summed E-state index contributed by atoms with van der Waals surface area (Å²) in [5.74, 6) is -0.129. The number of nitro benzene ring substituents is 1. The van der Waals surface area contributed by atoms with Gasteiger partial charge in [-0.3, -0.25) is 14.9 Å². The molecule has 9 nitrogen and oxygen atoms in total. The van der Waals surface area contributed by atoms with Crippen molar-refractivity contribution >= 4 is 19.4 Å². The number of esters is 1. The fourth-order valence-corrected chi connectivity index (χ4v) is 3.64. The summed E-state index contributed by atoms with van der Waals surface area (Å²) >= 11 is 0. The molecule has 2 aromatic carbocycles. The fourth-order valence-electron chi connectivity index (χ4n) is 2.12. The molecule has 2 atom stereocenters. The second-order valence-electron chi connectivity index (χ2n) is 6.62. The van der Waals surface area contributed by atoms with Crippen molar-refractivity contribution in [3.05, 3.63) is 64.7 Å². The van der Waals surface area contributed by atoms with Crippen LogP contribution in [0.4, 0.5) is 5.69 Å². The van der Waals surface area contributed by atoms with Gasteiger partial charge in [-0.2, -0.15) is 5.09 Å². The van der Waals surface area contributed by atoms with Crippen molar-refractivity contribution in [2.75, 3.05) is 6.61 Å². The van der Waals surface area contributed by atoms with E-state index in [-0.39, 0.29) is 29.7 Å². The van der Waals surface area contributed by atoms with Gasteiger partial charge >= 0.3 is 13.7 Å². The molecule has 2 aromatic rings. The van der Waals surface area contributed by atoms with Gasteiger partial charge in [-0.25, -0.2) is 4.57 Å². The molecule has 170 valence electrons. The van der Waals surface area contributed by atoms with E-state index in [1.807, 2.05) is 27.7 Å². The molecular weight excluding hydrogens is 423 g/mol. The summed E-state index contributed by atoms with van der Waals surface area (Å²) in [6.45, 7) is 9.49. The lowest BCUT2D eigenvalue weighted by Crippen LogP contribution is -2.36. The Hall–Kier alpha value is -2.90. The van der Waals surface area contributed by atoms with Crippen LogP contribution in [0.15, 0.2) is 54.6 Å². The smallest absolute Gasteiger partial charge is 0.464 e. The van der Waals surface area contributed by atoms with Crippen molar-refractivity contribution in [1.82, 2.24) is 5.09 Å². The monoisotopic (exact) mass is 452 g/mol. The topological polar surface area (TPSA) is 117 Å². The Balaban J connectivity index is 0.00000233. The predicted molar refractivity (Wildman–Crippen MR) is 118 cm³/mol. The van der Waals surface area contributed by atoms with E-state index >= 15 is 0 Å². The predicted octanol–water partition coefficient (Wildman–Crippen LogP) is 5.36. The SMILES string of the molecule is CC.CC(C)COC(=O)[C@H](C)NP(=O)(Oc1ccccc1)Oc1ccc([N+](=O)[O-])cc1. The van der Waals surface area contributed by atoms with E-state index in [0.29, 0.717) is 0 Å². The average molecular weight is 452 g/mol. The maximum absolute atomic E-state index is 13.3. The first-order chi connectivity index (χ1) is 14.7. The summed E-state index contributed by atoms with van der Waals surface area (Å²) in [6.07, 6.45) is 0. The number of benzene rings is 2. The summed E-state index contributed by atoms with van der Waals surface area (Å²) in [6, 6.07) is 12.3. The van der Waals surface area contributed by atoms with Gasteiger partial charge in [0.2, 0.25) is 0 Å². The lowest BCUT2D eigenvalue weighted by atomic mass is 10.2. The Morgan fingerprint density at radius 2 is 1.52 bits per heavy atom. The van der Waals surface area contributed by atoms with Crippen LogP contribution in [0.2, 0.25) is 0 Å². The van der Waals surface area contributed by atoms with E-state index in [0.717, 1.165) is 0 Å². The molecule has 0 aliphatic carbocycles. The summed E-state index contributed by atoms with van der Waals surface area (Å²) in [4.78, 5) is 22.4. The quantitative estimate of drug-likeness (QED) is 0.221. The van der Waals surface area contributed by atoms with Gasteiger partial charge in [0.05, 0.1) is 11.5 Å². The number of ether oxygens (including phenoxy) is 1. The third-order valence-corrected chi connectivity index (χ3v) is 5.11. The van der Waals surface area contributed by atoms with Crippen LogP contribution in [0.25, 0.3) is 0 Å². The summed E-state index contributed by atoms with van der Waals surface area (Å²) in [5.41, 5.74) is -0.144. The number of non-ortho nitro benzene ring substituents is 1. The summed E-state index contributed by atoms with van der Waals surface area (Å²) < 4.78 is 29.5. The van der Waals surface area contributed by atoms with Crippen LogP contribution < -0.4 is 14.1 Å². The van der Waals surface area contributed by atoms with E-state index in [9.17, 15) is 19.5 Å². The molecule has 0 aliphatic rings. The number of nitrogens with one attached hydrogen (secondary N) is 1. The lowest BCUT2D eigenvalue weighted by molar-refractivity contribution is -0.384. The van der Waals surface area contributed by atoms with Gasteiger partial charge in [0, 0.05) is 12.1 Å². The van der Waals surface area contributed by atoms with Gasteiger partial charge in [-0.15, -0.1) is 0 Å². The lowest BCUT2D eigenvalue weighted by Gasteiger charge is -2.23. The zero-order valence-corrected chi connectivity index (χ0v) is 19.2. The summed E-state index contributed by atoms with van der Waals surface area (Å²) in [5, 5.41) is 13.3. The van der Waals surface area contributed by atoms with Gasteiger partial charge in [0.1, 0.15) is 17.5 Å². The molecule has 10 heteroatoms. The van der Waals surface area contributed by atoms with Crippen molar-refractivity contribution in [2.45, 2.75) is 40.7 Å². The number of para-hydroxylation sites is 1. The number of nitro groups is 1. The molecule has 0 heterocycles. The highest BCUT2D eigenvalue weighted by Gasteiger charge is 2.34. The minimum atomic E-state index is -4.08. The molecule has 1 unspecified atom stereocenters. The van der Waals surface area contributed by atoms with Crippen molar-refractivity contribution in [2.24, 2.45) is 5.92 Å². The maximum Gasteiger partial charge on any atom is 0.513 e. The third kappa shape index (κ3) is 9.19. The minimum Gasteiger partial charge on any atom is -0.464 e. The van der Waals surface area contributed by atoms with Crippen molar-refractivity contribution in [3.63, 3.8) is 0 Å². The van der Waals surface area contributed by atoms with Crippen molar-refractivity contribution in [3.8, 4) is 11.5 Å². The zero-order valence-electron chi connectivity index (χ0n) is 18.3. The first-order valence-electron chi connectivity index (χ1n) is 9.91. The number of carbonyl (C=O) groups excluding carboxylic acids is 1. The van der Waals surface area contributed by atoms with Crippen LogP contribution in [0.1, 0.15) is 34.6 Å². The van der Waals surface area contributed by atoms with Crippen LogP contribution in [0, 0.1) is 16.0 Å². The number of carbonyl (C=O) groups is 1. The van der Waals surface area contributed by atoms with E-state index in [1.165, 1.54) is 31.2 Å². The van der Waals surface area contributed by atoms with Crippen molar-refractivity contribution in [1.29, 1.82) is 0 Å². The molecule has 0 aliphatic heterocycles. The standard InChI is InChI=1S/C19H23N2O7P.C2H6/c1-14(2)13-26-19(22)15(3)20-29(25,27-17-7-5-4-6-8-17)28-18-11-9-16(10-12-18)21(23)24;1-2/h4-12,14-15H,13H2,1-3H3,(H,20,25);1-2H3/t15-,29?;/m0./s1. The Bertz CT molecular complexity index is 873. The first kappa shape index (κ1) is 26.1. The Kier molecular flexibility index (Phi) is 10.7. The molecule has 0 aromatic heterocycles. The fraction of sp³-hybridized carbons (Fsp3) is 0.381. The number of hydrogen-bond donors (Lipinski definition) is 1. The van der Waals surface area contributed by atoms with Gasteiger partial charge in [0.15, 0.2) is 0 Å². The van der Waals surface area contributed by atoms with Gasteiger partial charge in [0.25, 0.3) is 5.69 Å². The second-order valence-corrected chi connectivity index (χ2v) is 8.24. The van der Waals surface area contributed by atoms with E-state index < -0.39 is 24.7 Å². The Morgan fingerprint density at radius 1 is 1.00 bits per heavy atom. The van der Waals surface area contributed by atoms with Crippen LogP contribution in [0.3, 0.4) is 0 Å². The van der Waals surface area contributed by atoms with Crippen LogP contribution in [0.5, 0.6) is 11.5 Å². The normalized spacial score (nSPS) is 13.2. The van der Waals surface area contributed by atoms with Crippen LogP contribution >= 0.6 is 7.75 Å². The number of nitrogens with zero attached hydrogens (tertiary/aromatic N) is 1. The zero-order chi connectivity index (χ0) is 23.4. The molecule has 0 spiro atoms. The van der Waals surface area contributed by atoms with E-state index in [2.05, 4.69) is 5.09 Å². The van der Waals surface area contributed by atoms with E-state index in [1.54, 1.807) is 30.3 Å². The van der Waals surface area contributed by atoms with Gasteiger partial charge < -0.3 is 13.8 Å². The molecule has 0 amide bonds. The molecule has 2 rings (SSSR count). The van der Waals surface area contributed by atoms with E-state index in [4.69, 9.17) is 13.8 Å². The van der Waals surface area contributed by atoms with Gasteiger partial charge in [-0.1, -0.05) is 45.9 Å². The largest absolute Gasteiger partial charge is 0.513 e. The van der Waals surface area contributed by atoms with Crippen molar-refractivity contribution < 1.29 is 28.1 Å². The molecular formula is C21H29N2O7P. The molecule has 0 saturated heterocycles. The minimum absolute atomic E-state index is 0.0742. The first-order valence-corrected chi connectivity index (χ1v) is 11.5. The molecule has 0 fully saturated rings. The molecule has 31 heavy (non-hydrogen) atoms. The second kappa shape index (κ2) is 12.7. The highest BCUT2D eigenvalue weighted by Crippen LogP contribution is 2.45. The average Bonchev–Trinajstić information content (AvgIpc) is 2.74. The number of hydrogen-bond acceptors (Lipinski definition) is 7. The molecule has 0 bridgehead atoms. The third-order valence-electron chi connectivity index (χ3n) is 3.51. The highest BCUT2D eigenvalue weighted by molar-refractivity contribution is 7.52. The van der Waals surface area contributed by atoms with Gasteiger partial charge in [-0.05, 0) is 37.1 Å². The van der Waals surface area contributed by atoms with Crippen LogP contribution in [-0.2, 0) is 14.1 Å². The molecule has 0 radical (unpaired) electrons. The molecule has 0 saturated carbocycles. The van der Waals surface area contributed by atoms with Crippen LogP contribution in [-0.4, -0.2) is 23.5 Å². The number of rotatable bonds is 10. The Morgan fingerprint density at radius 3 is 2.00 bits per heavy atom. The maximum atomic E-state index is 13.3. The highest BCUT2D eigenvalue weighted by atomic mass is 31.2. The summed E-state index contributed by atoms with van der Waals surface area (Å²) in [7, 11) is -4.08. The Labute approximate surface area is 182 Å².